The van der Waals surface area contributed by atoms with Crippen molar-refractivity contribution in [3.63, 3.8) is 0 Å². The average Bonchev–Trinajstić information content (AvgIpc) is 2.34. The average molecular weight is 249 g/mol. The largest absolute Gasteiger partial charge is 0.376 e. The van der Waals surface area contributed by atoms with Crippen LogP contribution in [0.4, 0.5) is 0 Å². The van der Waals surface area contributed by atoms with Gasteiger partial charge >= 0.3 is 0 Å². The van der Waals surface area contributed by atoms with E-state index < -0.39 is 0 Å². The van der Waals surface area contributed by atoms with Crippen LogP contribution < -0.4 is 5.73 Å². The van der Waals surface area contributed by atoms with Gasteiger partial charge in [-0.05, 0) is 29.9 Å². The highest BCUT2D eigenvalue weighted by molar-refractivity contribution is 5.26. The van der Waals surface area contributed by atoms with Crippen LogP contribution in [0.5, 0.6) is 0 Å². The molecule has 0 aromatic heterocycles. The topological polar surface area (TPSA) is 35.2 Å². The highest BCUT2D eigenvalue weighted by Crippen LogP contribution is 2.31. The first-order valence-corrected chi connectivity index (χ1v) is 6.86. The Morgan fingerprint density at radius 3 is 2.06 bits per heavy atom. The Morgan fingerprint density at radius 2 is 1.67 bits per heavy atom. The van der Waals surface area contributed by atoms with E-state index in [1.807, 2.05) is 6.92 Å². The summed E-state index contributed by atoms with van der Waals surface area (Å²) in [4.78, 5) is 0. The van der Waals surface area contributed by atoms with Crippen molar-refractivity contribution in [2.75, 3.05) is 6.61 Å². The zero-order chi connectivity index (χ0) is 13.8. The second-order valence-corrected chi connectivity index (χ2v) is 5.86. The molecule has 0 spiro atoms. The Hall–Kier alpha value is -0.860. The molecule has 2 heteroatoms. The molecule has 1 aromatic carbocycles. The summed E-state index contributed by atoms with van der Waals surface area (Å²) in [5, 5.41) is 0. The number of hydrogen-bond donors (Lipinski definition) is 1. The Morgan fingerprint density at radius 1 is 1.11 bits per heavy atom. The van der Waals surface area contributed by atoms with E-state index in [-0.39, 0.29) is 17.6 Å². The van der Waals surface area contributed by atoms with Gasteiger partial charge in [0.25, 0.3) is 0 Å². The molecule has 0 aliphatic heterocycles. The first kappa shape index (κ1) is 15.2. The minimum Gasteiger partial charge on any atom is -0.376 e. The Labute approximate surface area is 112 Å². The number of rotatable bonds is 5. The lowest BCUT2D eigenvalue weighted by Crippen LogP contribution is -2.39. The van der Waals surface area contributed by atoms with Crippen LogP contribution in [0.25, 0.3) is 0 Å². The van der Waals surface area contributed by atoms with Crippen molar-refractivity contribution in [2.24, 2.45) is 11.1 Å². The van der Waals surface area contributed by atoms with Crippen LogP contribution in [0.2, 0.25) is 0 Å². The Bertz CT molecular complexity index is 350. The van der Waals surface area contributed by atoms with E-state index in [1.165, 1.54) is 5.56 Å². The van der Waals surface area contributed by atoms with Gasteiger partial charge in [-0.1, -0.05) is 52.0 Å². The third kappa shape index (κ3) is 3.82. The maximum Gasteiger partial charge on any atom is 0.0815 e. The molecule has 0 heterocycles. The summed E-state index contributed by atoms with van der Waals surface area (Å²) in [6.07, 6.45) is 1.10. The van der Waals surface area contributed by atoms with E-state index in [4.69, 9.17) is 10.5 Å². The molecular weight excluding hydrogens is 222 g/mol. The van der Waals surface area contributed by atoms with Crippen LogP contribution in [-0.2, 0) is 11.2 Å². The van der Waals surface area contributed by atoms with Gasteiger partial charge in [0.2, 0.25) is 0 Å². The van der Waals surface area contributed by atoms with Crippen LogP contribution >= 0.6 is 0 Å². The second-order valence-electron chi connectivity index (χ2n) is 5.86. The normalized spacial score (nSPS) is 15.4. The van der Waals surface area contributed by atoms with Crippen molar-refractivity contribution in [3.05, 3.63) is 35.4 Å². The van der Waals surface area contributed by atoms with Crippen molar-refractivity contribution in [1.29, 1.82) is 0 Å². The third-order valence-electron chi connectivity index (χ3n) is 3.30. The van der Waals surface area contributed by atoms with Gasteiger partial charge in [-0.3, -0.25) is 0 Å². The molecule has 0 fully saturated rings. The monoisotopic (exact) mass is 249 g/mol. The van der Waals surface area contributed by atoms with E-state index in [2.05, 4.69) is 52.0 Å². The molecular formula is C16H27NO. The fourth-order valence-corrected chi connectivity index (χ4v) is 2.22. The third-order valence-corrected chi connectivity index (χ3v) is 3.30. The number of benzene rings is 1. The van der Waals surface area contributed by atoms with Crippen LogP contribution in [0, 0.1) is 5.41 Å². The van der Waals surface area contributed by atoms with Crippen LogP contribution in [-0.4, -0.2) is 12.7 Å². The van der Waals surface area contributed by atoms with E-state index >= 15 is 0 Å². The second kappa shape index (κ2) is 6.35. The lowest BCUT2D eigenvalue weighted by atomic mass is 9.82. The van der Waals surface area contributed by atoms with E-state index in [1.54, 1.807) is 0 Å². The van der Waals surface area contributed by atoms with Gasteiger partial charge in [0.15, 0.2) is 0 Å². The molecule has 2 N–H and O–H groups in total. The minimum absolute atomic E-state index is 0.0370. The highest BCUT2D eigenvalue weighted by atomic mass is 16.5. The lowest BCUT2D eigenvalue weighted by Gasteiger charge is -2.35. The van der Waals surface area contributed by atoms with Crippen molar-refractivity contribution >= 4 is 0 Å². The predicted octanol–water partition coefficient (Wildman–Crippen LogP) is 3.70. The molecule has 0 aliphatic rings. The van der Waals surface area contributed by atoms with Crippen LogP contribution in [0.3, 0.4) is 0 Å². The molecule has 0 radical (unpaired) electrons. The number of aryl methyl sites for hydroxylation is 1. The first-order valence-electron chi connectivity index (χ1n) is 6.86. The van der Waals surface area contributed by atoms with Gasteiger partial charge in [0.1, 0.15) is 0 Å². The van der Waals surface area contributed by atoms with Gasteiger partial charge in [-0.15, -0.1) is 0 Å². The van der Waals surface area contributed by atoms with Crippen molar-refractivity contribution in [3.8, 4) is 0 Å². The predicted molar refractivity (Wildman–Crippen MR) is 77.6 cm³/mol. The van der Waals surface area contributed by atoms with E-state index in [9.17, 15) is 0 Å². The van der Waals surface area contributed by atoms with E-state index in [0.29, 0.717) is 6.61 Å². The number of hydrogen-bond acceptors (Lipinski definition) is 2. The molecule has 102 valence electrons. The summed E-state index contributed by atoms with van der Waals surface area (Å²) in [6.45, 7) is 11.4. The van der Waals surface area contributed by atoms with Gasteiger partial charge < -0.3 is 10.5 Å². The molecule has 1 aromatic rings. The van der Waals surface area contributed by atoms with Crippen molar-refractivity contribution in [2.45, 2.75) is 53.2 Å². The molecule has 0 saturated heterocycles. The molecule has 2 nitrogen and oxygen atoms in total. The zero-order valence-corrected chi connectivity index (χ0v) is 12.4. The van der Waals surface area contributed by atoms with Gasteiger partial charge in [-0.2, -0.15) is 0 Å². The fraction of sp³-hybridized carbons (Fsp3) is 0.625. The lowest BCUT2D eigenvalue weighted by molar-refractivity contribution is -0.0283. The number of nitrogens with two attached hydrogens (primary N) is 1. The van der Waals surface area contributed by atoms with Crippen LogP contribution in [0.15, 0.2) is 24.3 Å². The molecule has 2 unspecified atom stereocenters. The summed E-state index contributed by atoms with van der Waals surface area (Å²) < 4.78 is 5.85. The number of ether oxygens (including phenoxy) is 1. The van der Waals surface area contributed by atoms with Gasteiger partial charge in [0, 0.05) is 6.61 Å². The molecule has 2 atom stereocenters. The summed E-state index contributed by atoms with van der Waals surface area (Å²) >= 11 is 0. The standard InChI is InChI=1S/C16H27NO/c1-6-12-8-10-13(11-9-12)14(17)15(18-7-2)16(3,4)5/h8-11,14-15H,6-7,17H2,1-5H3. The smallest absolute Gasteiger partial charge is 0.0815 e. The van der Waals surface area contributed by atoms with Gasteiger partial charge in [0.05, 0.1) is 12.1 Å². The van der Waals surface area contributed by atoms with Crippen LogP contribution in [0.1, 0.15) is 51.8 Å². The SMILES string of the molecule is CCOC(C(N)c1ccc(CC)cc1)C(C)(C)C. The molecule has 0 aliphatic carbocycles. The quantitative estimate of drug-likeness (QED) is 0.863. The van der Waals surface area contributed by atoms with Gasteiger partial charge in [-0.25, -0.2) is 0 Å². The Kier molecular flexibility index (Phi) is 5.36. The molecule has 1 rings (SSSR count). The Balaban J connectivity index is 2.90. The summed E-state index contributed by atoms with van der Waals surface area (Å²) in [7, 11) is 0. The highest BCUT2D eigenvalue weighted by Gasteiger charge is 2.31. The van der Waals surface area contributed by atoms with E-state index in [0.717, 1.165) is 12.0 Å². The molecule has 0 saturated carbocycles. The maximum atomic E-state index is 6.38. The molecule has 18 heavy (non-hydrogen) atoms. The first-order chi connectivity index (χ1) is 8.40. The molecule has 0 amide bonds. The minimum atomic E-state index is -0.0733. The summed E-state index contributed by atoms with van der Waals surface area (Å²) in [5.74, 6) is 0. The molecule has 0 bridgehead atoms. The van der Waals surface area contributed by atoms with Crippen molar-refractivity contribution in [1.82, 2.24) is 0 Å². The summed E-state index contributed by atoms with van der Waals surface area (Å²) in [6, 6.07) is 8.49. The zero-order valence-electron chi connectivity index (χ0n) is 12.4. The van der Waals surface area contributed by atoms with Crippen molar-refractivity contribution < 1.29 is 4.74 Å². The fourth-order valence-electron chi connectivity index (χ4n) is 2.22. The maximum absolute atomic E-state index is 6.38. The summed E-state index contributed by atoms with van der Waals surface area (Å²) in [5.41, 5.74) is 8.91.